The number of benzene rings is 2. The lowest BCUT2D eigenvalue weighted by Crippen LogP contribution is -2.52. The van der Waals surface area contributed by atoms with Crippen molar-refractivity contribution in [1.29, 1.82) is 0 Å². The number of nitrogens with one attached hydrogen (secondary N) is 1. The molecule has 32 heavy (non-hydrogen) atoms. The van der Waals surface area contributed by atoms with Crippen LogP contribution >= 0.6 is 0 Å². The lowest BCUT2D eigenvalue weighted by atomic mass is 10.2. The topological polar surface area (TPSA) is 105 Å². The maximum absolute atomic E-state index is 13.9. The van der Waals surface area contributed by atoms with Crippen LogP contribution in [0.15, 0.2) is 41.3 Å². The highest BCUT2D eigenvalue weighted by atomic mass is 32.2. The van der Waals surface area contributed by atoms with Crippen molar-refractivity contribution < 1.29 is 36.3 Å². The van der Waals surface area contributed by atoms with Crippen LogP contribution in [0.25, 0.3) is 0 Å². The monoisotopic (exact) mass is 467 g/mol. The van der Waals surface area contributed by atoms with Crippen LogP contribution in [0.4, 0.5) is 8.78 Å². The molecule has 9 nitrogen and oxygen atoms in total. The molecule has 0 aliphatic carbocycles. The molecule has 4 rings (SSSR count). The minimum Gasteiger partial charge on any atom is -0.454 e. The van der Waals surface area contributed by atoms with E-state index in [1.807, 2.05) is 0 Å². The molecule has 12 heteroatoms. The van der Waals surface area contributed by atoms with E-state index < -0.39 is 38.4 Å². The quantitative estimate of drug-likeness (QED) is 0.702. The summed E-state index contributed by atoms with van der Waals surface area (Å²) >= 11 is 0. The minimum atomic E-state index is -4.39. The van der Waals surface area contributed by atoms with Gasteiger partial charge in [0.1, 0.15) is 11.6 Å². The first-order chi connectivity index (χ1) is 15.3. The largest absolute Gasteiger partial charge is 0.454 e. The van der Waals surface area contributed by atoms with Gasteiger partial charge in [-0.15, -0.1) is 0 Å². The van der Waals surface area contributed by atoms with E-state index in [9.17, 15) is 26.8 Å². The number of piperazine rings is 1. The number of fused-ring (bicyclic) bond motifs is 1. The molecule has 2 aliphatic heterocycles. The van der Waals surface area contributed by atoms with E-state index in [0.29, 0.717) is 17.1 Å². The van der Waals surface area contributed by atoms with Crippen molar-refractivity contribution in [2.75, 3.05) is 39.5 Å². The molecule has 2 aromatic carbocycles. The predicted octanol–water partition coefficient (Wildman–Crippen LogP) is 0.956. The Morgan fingerprint density at radius 2 is 1.62 bits per heavy atom. The average Bonchev–Trinajstić information content (AvgIpc) is 3.25. The van der Waals surface area contributed by atoms with Crippen molar-refractivity contribution in [3.63, 3.8) is 0 Å². The van der Waals surface area contributed by atoms with Crippen LogP contribution in [0.3, 0.4) is 0 Å². The lowest BCUT2D eigenvalue weighted by molar-refractivity contribution is -0.131. The number of ether oxygens (including phenoxy) is 2. The summed E-state index contributed by atoms with van der Waals surface area (Å²) in [6.07, 6.45) is 0. The second-order valence-electron chi connectivity index (χ2n) is 7.09. The zero-order valence-electron chi connectivity index (χ0n) is 16.7. The molecule has 0 radical (unpaired) electrons. The van der Waals surface area contributed by atoms with Gasteiger partial charge in [0, 0.05) is 31.7 Å². The smallest absolute Gasteiger partial charge is 0.251 e. The van der Waals surface area contributed by atoms with Crippen molar-refractivity contribution in [2.24, 2.45) is 0 Å². The summed E-state index contributed by atoms with van der Waals surface area (Å²) < 4.78 is 64.4. The molecule has 2 aliphatic rings. The van der Waals surface area contributed by atoms with Crippen molar-refractivity contribution in [2.45, 2.75) is 4.90 Å². The Bertz CT molecular complexity index is 1150. The molecular formula is C20H19F2N3O6S. The molecule has 0 aromatic heterocycles. The molecule has 0 saturated carbocycles. The first kappa shape index (κ1) is 22.0. The Morgan fingerprint density at radius 1 is 0.969 bits per heavy atom. The van der Waals surface area contributed by atoms with Gasteiger partial charge < -0.3 is 19.7 Å². The fraction of sp³-hybridized carbons (Fsp3) is 0.300. The average molecular weight is 467 g/mol. The van der Waals surface area contributed by atoms with Gasteiger partial charge in [-0.25, -0.2) is 17.2 Å². The zero-order chi connectivity index (χ0) is 22.9. The number of carbonyl (C=O) groups is 2. The maximum Gasteiger partial charge on any atom is 0.251 e. The number of rotatable bonds is 5. The van der Waals surface area contributed by atoms with Gasteiger partial charge in [0.25, 0.3) is 5.91 Å². The van der Waals surface area contributed by atoms with E-state index in [0.717, 1.165) is 22.5 Å². The lowest BCUT2D eigenvalue weighted by Gasteiger charge is -2.34. The third-order valence-electron chi connectivity index (χ3n) is 5.14. The molecule has 0 atom stereocenters. The molecule has 2 heterocycles. The summed E-state index contributed by atoms with van der Waals surface area (Å²) in [5.41, 5.74) is 0.296. The van der Waals surface area contributed by atoms with Crippen LogP contribution in [-0.4, -0.2) is 69.0 Å². The van der Waals surface area contributed by atoms with Crippen LogP contribution in [0.5, 0.6) is 11.5 Å². The molecule has 0 spiro atoms. The van der Waals surface area contributed by atoms with Gasteiger partial charge in [0.05, 0.1) is 6.54 Å². The fourth-order valence-electron chi connectivity index (χ4n) is 3.44. The highest BCUT2D eigenvalue weighted by molar-refractivity contribution is 7.89. The summed E-state index contributed by atoms with van der Waals surface area (Å²) in [6, 6.07) is 7.47. The molecule has 170 valence electrons. The SMILES string of the molecule is O=C(NCC(=O)N1CCN(S(=O)(=O)c2c(F)cccc2F)CC1)c1ccc2c(c1)OCO2. The normalized spacial score (nSPS) is 16.1. The van der Waals surface area contributed by atoms with Crippen LogP contribution < -0.4 is 14.8 Å². The van der Waals surface area contributed by atoms with E-state index in [2.05, 4.69) is 5.32 Å². The van der Waals surface area contributed by atoms with Gasteiger partial charge in [-0.05, 0) is 30.3 Å². The number of hydrogen-bond acceptors (Lipinski definition) is 6. The number of carbonyl (C=O) groups excluding carboxylic acids is 2. The van der Waals surface area contributed by atoms with Crippen molar-refractivity contribution in [1.82, 2.24) is 14.5 Å². The highest BCUT2D eigenvalue weighted by Gasteiger charge is 2.34. The molecule has 1 N–H and O–H groups in total. The Labute approximate surface area is 182 Å². The Balaban J connectivity index is 1.32. The molecule has 2 amide bonds. The van der Waals surface area contributed by atoms with Gasteiger partial charge in [-0.2, -0.15) is 4.31 Å². The number of sulfonamides is 1. The molecule has 2 aromatic rings. The summed E-state index contributed by atoms with van der Waals surface area (Å²) in [5.74, 6) is -2.26. The van der Waals surface area contributed by atoms with Crippen LogP contribution in [0, 0.1) is 11.6 Å². The van der Waals surface area contributed by atoms with Gasteiger partial charge in [0.2, 0.25) is 22.7 Å². The van der Waals surface area contributed by atoms with Crippen molar-refractivity contribution in [3.05, 3.63) is 53.6 Å². The number of hydrogen-bond donors (Lipinski definition) is 1. The summed E-state index contributed by atoms with van der Waals surface area (Å²) in [7, 11) is -4.39. The van der Waals surface area contributed by atoms with Crippen LogP contribution in [0.1, 0.15) is 10.4 Å². The van der Waals surface area contributed by atoms with E-state index >= 15 is 0 Å². The van der Waals surface area contributed by atoms with Crippen molar-refractivity contribution >= 4 is 21.8 Å². The van der Waals surface area contributed by atoms with E-state index in [1.54, 1.807) is 12.1 Å². The van der Waals surface area contributed by atoms with Gasteiger partial charge >= 0.3 is 0 Å². The highest BCUT2D eigenvalue weighted by Crippen LogP contribution is 2.32. The number of nitrogens with zero attached hydrogens (tertiary/aromatic N) is 2. The van der Waals surface area contributed by atoms with Gasteiger partial charge in [-0.1, -0.05) is 6.07 Å². The van der Waals surface area contributed by atoms with E-state index in [1.165, 1.54) is 11.0 Å². The fourth-order valence-corrected chi connectivity index (χ4v) is 4.97. The van der Waals surface area contributed by atoms with Crippen LogP contribution in [-0.2, 0) is 14.8 Å². The second kappa shape index (κ2) is 8.71. The Morgan fingerprint density at radius 3 is 2.31 bits per heavy atom. The number of halogens is 2. The molecule has 0 unspecified atom stereocenters. The van der Waals surface area contributed by atoms with E-state index in [-0.39, 0.29) is 39.5 Å². The van der Waals surface area contributed by atoms with Crippen molar-refractivity contribution in [3.8, 4) is 11.5 Å². The van der Waals surface area contributed by atoms with Gasteiger partial charge in [0.15, 0.2) is 16.4 Å². The maximum atomic E-state index is 13.9. The second-order valence-corrected chi connectivity index (χ2v) is 8.96. The molecule has 1 fully saturated rings. The molecule has 0 bridgehead atoms. The predicted molar refractivity (Wildman–Crippen MR) is 107 cm³/mol. The number of amides is 2. The molecule has 1 saturated heterocycles. The minimum absolute atomic E-state index is 0.0219. The van der Waals surface area contributed by atoms with E-state index in [4.69, 9.17) is 9.47 Å². The Hall–Kier alpha value is -3.25. The third-order valence-corrected chi connectivity index (χ3v) is 7.09. The standard InChI is InChI=1S/C20H19F2N3O6S/c21-14-2-1-3-15(22)19(14)32(28,29)25-8-6-24(7-9-25)18(26)11-23-20(27)13-4-5-16-17(10-13)31-12-30-16/h1-5,10H,6-9,11-12H2,(H,23,27). The van der Waals surface area contributed by atoms with Crippen LogP contribution in [0.2, 0.25) is 0 Å². The Kier molecular flexibility index (Phi) is 5.98. The molecular weight excluding hydrogens is 448 g/mol. The summed E-state index contributed by atoms with van der Waals surface area (Å²) in [6.45, 7) is -0.427. The zero-order valence-corrected chi connectivity index (χ0v) is 17.5. The summed E-state index contributed by atoms with van der Waals surface area (Å²) in [5, 5.41) is 2.51. The third kappa shape index (κ3) is 4.23. The summed E-state index contributed by atoms with van der Waals surface area (Å²) in [4.78, 5) is 25.1. The van der Waals surface area contributed by atoms with Gasteiger partial charge in [-0.3, -0.25) is 9.59 Å². The first-order valence-electron chi connectivity index (χ1n) is 9.67. The first-order valence-corrected chi connectivity index (χ1v) is 11.1.